The van der Waals surface area contributed by atoms with E-state index in [4.69, 9.17) is 5.73 Å². The largest absolute Gasteiger partial charge is 0.384 e. The third-order valence-corrected chi connectivity index (χ3v) is 4.06. The number of pyridine rings is 1. The van der Waals surface area contributed by atoms with E-state index in [2.05, 4.69) is 16.6 Å². The molecule has 76 valence electrons. The predicted molar refractivity (Wildman–Crippen MR) is 62.6 cm³/mol. The highest BCUT2D eigenvalue weighted by atomic mass is 32.2. The summed E-state index contributed by atoms with van der Waals surface area (Å²) in [6.07, 6.45) is 6.61. The third-order valence-electron chi connectivity index (χ3n) is 2.64. The van der Waals surface area contributed by atoms with Gasteiger partial charge in [0.15, 0.2) is 0 Å². The lowest BCUT2D eigenvalue weighted by Crippen LogP contribution is -2.17. The van der Waals surface area contributed by atoms with Gasteiger partial charge in [0.25, 0.3) is 0 Å². The smallest absolute Gasteiger partial charge is 0.123 e. The molecule has 0 unspecified atom stereocenters. The molecule has 1 saturated carbocycles. The second kappa shape index (κ2) is 3.69. The molecule has 2 rings (SSSR count). The quantitative estimate of drug-likeness (QED) is 0.796. The summed E-state index contributed by atoms with van der Waals surface area (Å²) in [5, 5.41) is 3.39. The SMILES string of the molecule is CSC1(CNc2ccc(N)nc2)CC1. The number of nitrogens with one attached hydrogen (secondary N) is 1. The maximum absolute atomic E-state index is 5.50. The summed E-state index contributed by atoms with van der Waals surface area (Å²) in [5.74, 6) is 0.571. The molecule has 0 aromatic carbocycles. The number of nitrogen functional groups attached to an aromatic ring is 1. The van der Waals surface area contributed by atoms with Crippen molar-refractivity contribution in [2.75, 3.05) is 23.9 Å². The van der Waals surface area contributed by atoms with Crippen molar-refractivity contribution < 1.29 is 0 Å². The van der Waals surface area contributed by atoms with Crippen LogP contribution in [0.3, 0.4) is 0 Å². The molecule has 1 aromatic heterocycles. The van der Waals surface area contributed by atoms with Gasteiger partial charge in [-0.2, -0.15) is 11.8 Å². The molecular formula is C10H15N3S. The average Bonchev–Trinajstić information content (AvgIpc) is 2.98. The fourth-order valence-corrected chi connectivity index (χ4v) is 2.09. The highest BCUT2D eigenvalue weighted by Gasteiger charge is 2.41. The molecule has 1 heterocycles. The summed E-state index contributed by atoms with van der Waals surface area (Å²) in [6, 6.07) is 3.79. The van der Waals surface area contributed by atoms with Gasteiger partial charge < -0.3 is 11.1 Å². The standard InChI is InChI=1S/C10H15N3S/c1-14-10(4-5-10)7-13-8-2-3-9(11)12-6-8/h2-3,6,13H,4-5,7H2,1H3,(H2,11,12). The zero-order valence-corrected chi connectivity index (χ0v) is 9.10. The van der Waals surface area contributed by atoms with E-state index in [9.17, 15) is 0 Å². The first kappa shape index (κ1) is 9.65. The van der Waals surface area contributed by atoms with E-state index < -0.39 is 0 Å². The van der Waals surface area contributed by atoms with E-state index in [0.29, 0.717) is 10.6 Å². The van der Waals surface area contributed by atoms with Crippen molar-refractivity contribution in [1.29, 1.82) is 0 Å². The normalized spacial score (nSPS) is 17.8. The van der Waals surface area contributed by atoms with Gasteiger partial charge in [-0.05, 0) is 31.2 Å². The molecular weight excluding hydrogens is 194 g/mol. The number of anilines is 2. The lowest BCUT2D eigenvalue weighted by molar-refractivity contribution is 0.948. The van der Waals surface area contributed by atoms with Crippen molar-refractivity contribution in [1.82, 2.24) is 4.98 Å². The fourth-order valence-electron chi connectivity index (χ4n) is 1.37. The molecule has 3 N–H and O–H groups in total. The first-order chi connectivity index (χ1) is 6.74. The Kier molecular flexibility index (Phi) is 2.54. The molecule has 3 nitrogen and oxygen atoms in total. The molecule has 1 aliphatic carbocycles. The number of thioether (sulfide) groups is 1. The maximum Gasteiger partial charge on any atom is 0.123 e. The van der Waals surface area contributed by atoms with Crippen molar-refractivity contribution in [3.05, 3.63) is 18.3 Å². The van der Waals surface area contributed by atoms with E-state index in [1.54, 1.807) is 6.20 Å². The Morgan fingerprint density at radius 3 is 2.86 bits per heavy atom. The van der Waals surface area contributed by atoms with Gasteiger partial charge in [0.1, 0.15) is 5.82 Å². The van der Waals surface area contributed by atoms with Crippen LogP contribution in [0.4, 0.5) is 11.5 Å². The van der Waals surface area contributed by atoms with Crippen LogP contribution >= 0.6 is 11.8 Å². The van der Waals surface area contributed by atoms with Crippen LogP contribution in [0.15, 0.2) is 18.3 Å². The van der Waals surface area contributed by atoms with Crippen LogP contribution < -0.4 is 11.1 Å². The Morgan fingerprint density at radius 2 is 2.36 bits per heavy atom. The highest BCUT2D eigenvalue weighted by Crippen LogP contribution is 2.46. The molecule has 0 spiro atoms. The Bertz CT molecular complexity index is 306. The molecule has 0 radical (unpaired) electrons. The van der Waals surface area contributed by atoms with Gasteiger partial charge in [0, 0.05) is 11.3 Å². The van der Waals surface area contributed by atoms with Gasteiger partial charge >= 0.3 is 0 Å². The molecule has 0 amide bonds. The number of nitrogens with two attached hydrogens (primary N) is 1. The van der Waals surface area contributed by atoms with Gasteiger partial charge in [-0.1, -0.05) is 0 Å². The van der Waals surface area contributed by atoms with Crippen molar-refractivity contribution >= 4 is 23.3 Å². The maximum atomic E-state index is 5.50. The van der Waals surface area contributed by atoms with Crippen LogP contribution in [0.1, 0.15) is 12.8 Å². The molecule has 14 heavy (non-hydrogen) atoms. The van der Waals surface area contributed by atoms with Gasteiger partial charge in [-0.25, -0.2) is 4.98 Å². The Balaban J connectivity index is 1.89. The number of hydrogen-bond donors (Lipinski definition) is 2. The van der Waals surface area contributed by atoms with Gasteiger partial charge in [-0.15, -0.1) is 0 Å². The van der Waals surface area contributed by atoms with E-state index in [1.165, 1.54) is 12.8 Å². The second-order valence-corrected chi connectivity index (χ2v) is 4.99. The van der Waals surface area contributed by atoms with Crippen LogP contribution in [0.2, 0.25) is 0 Å². The van der Waals surface area contributed by atoms with Gasteiger partial charge in [-0.3, -0.25) is 0 Å². The summed E-state index contributed by atoms with van der Waals surface area (Å²) in [4.78, 5) is 4.03. The van der Waals surface area contributed by atoms with Crippen molar-refractivity contribution in [2.24, 2.45) is 0 Å². The lowest BCUT2D eigenvalue weighted by Gasteiger charge is -2.13. The van der Waals surface area contributed by atoms with Gasteiger partial charge in [0.05, 0.1) is 11.9 Å². The van der Waals surface area contributed by atoms with E-state index in [-0.39, 0.29) is 0 Å². The summed E-state index contributed by atoms with van der Waals surface area (Å²) >= 11 is 1.95. The van der Waals surface area contributed by atoms with Crippen molar-refractivity contribution in [2.45, 2.75) is 17.6 Å². The zero-order chi connectivity index (χ0) is 10.0. The van der Waals surface area contributed by atoms with Crippen LogP contribution in [0.25, 0.3) is 0 Å². The first-order valence-electron chi connectivity index (χ1n) is 4.75. The van der Waals surface area contributed by atoms with Crippen molar-refractivity contribution in [3.63, 3.8) is 0 Å². The minimum Gasteiger partial charge on any atom is -0.384 e. The molecule has 0 saturated heterocycles. The van der Waals surface area contributed by atoms with Crippen LogP contribution in [-0.2, 0) is 0 Å². The van der Waals surface area contributed by atoms with E-state index in [0.717, 1.165) is 12.2 Å². The molecule has 4 heteroatoms. The molecule has 1 fully saturated rings. The second-order valence-electron chi connectivity index (χ2n) is 3.71. The van der Waals surface area contributed by atoms with E-state index >= 15 is 0 Å². The van der Waals surface area contributed by atoms with Crippen molar-refractivity contribution in [3.8, 4) is 0 Å². The molecule has 0 atom stereocenters. The summed E-state index contributed by atoms with van der Waals surface area (Å²) in [5.41, 5.74) is 6.56. The number of nitrogens with zero attached hydrogens (tertiary/aromatic N) is 1. The summed E-state index contributed by atoms with van der Waals surface area (Å²) in [6.45, 7) is 1.03. The number of aromatic nitrogens is 1. The monoisotopic (exact) mass is 209 g/mol. The molecule has 1 aromatic rings. The first-order valence-corrected chi connectivity index (χ1v) is 5.97. The summed E-state index contributed by atoms with van der Waals surface area (Å²) < 4.78 is 0.487. The Morgan fingerprint density at radius 1 is 1.57 bits per heavy atom. The predicted octanol–water partition coefficient (Wildman–Crippen LogP) is 1.97. The minimum atomic E-state index is 0.487. The lowest BCUT2D eigenvalue weighted by atomic mass is 10.3. The molecule has 1 aliphatic rings. The Labute approximate surface area is 88.5 Å². The zero-order valence-electron chi connectivity index (χ0n) is 8.29. The molecule has 0 bridgehead atoms. The highest BCUT2D eigenvalue weighted by molar-refractivity contribution is 8.00. The number of rotatable bonds is 4. The third kappa shape index (κ3) is 2.12. The van der Waals surface area contributed by atoms with Crippen LogP contribution in [-0.4, -0.2) is 22.5 Å². The summed E-state index contributed by atoms with van der Waals surface area (Å²) in [7, 11) is 0. The molecule has 0 aliphatic heterocycles. The van der Waals surface area contributed by atoms with Gasteiger partial charge in [0.2, 0.25) is 0 Å². The van der Waals surface area contributed by atoms with Crippen LogP contribution in [0.5, 0.6) is 0 Å². The fraction of sp³-hybridized carbons (Fsp3) is 0.500. The number of hydrogen-bond acceptors (Lipinski definition) is 4. The topological polar surface area (TPSA) is 50.9 Å². The Hall–Kier alpha value is -0.900. The van der Waals surface area contributed by atoms with Crippen LogP contribution in [0, 0.1) is 0 Å². The minimum absolute atomic E-state index is 0.487. The average molecular weight is 209 g/mol. The van der Waals surface area contributed by atoms with E-state index in [1.807, 2.05) is 23.9 Å².